The average molecular weight is 527 g/mol. The predicted molar refractivity (Wildman–Crippen MR) is 139 cm³/mol. The van der Waals surface area contributed by atoms with Crippen molar-refractivity contribution in [2.45, 2.75) is 72.1 Å². The first-order valence-corrected chi connectivity index (χ1v) is 14.4. The Balaban J connectivity index is 1.46. The molecule has 4 aliphatic carbocycles. The van der Waals surface area contributed by atoms with Crippen LogP contribution in [0, 0.1) is 39.4 Å². The fourth-order valence-electron chi connectivity index (χ4n) is 9.83. The zero-order valence-corrected chi connectivity index (χ0v) is 23.2. The molecule has 0 unspecified atom stereocenters. The summed E-state index contributed by atoms with van der Waals surface area (Å²) < 4.78 is 0. The highest BCUT2D eigenvalue weighted by Gasteiger charge is 2.81. The van der Waals surface area contributed by atoms with E-state index < -0.39 is 34.6 Å². The molecule has 6 rings (SSSR count). The predicted octanol–water partition coefficient (Wildman–Crippen LogP) is 3.72. The van der Waals surface area contributed by atoms with E-state index in [1.807, 2.05) is 16.5 Å². The summed E-state index contributed by atoms with van der Waals surface area (Å²) in [5.41, 5.74) is -2.07. The van der Waals surface area contributed by atoms with Crippen molar-refractivity contribution >= 4 is 22.9 Å². The summed E-state index contributed by atoms with van der Waals surface area (Å²) in [6, 6.07) is 0. The van der Waals surface area contributed by atoms with Crippen molar-refractivity contribution in [2.75, 3.05) is 13.2 Å². The highest BCUT2D eigenvalue weighted by atomic mass is 32.1. The van der Waals surface area contributed by atoms with Crippen LogP contribution in [-0.4, -0.2) is 56.7 Å². The molecule has 0 bridgehead atoms. The lowest BCUT2D eigenvalue weighted by atomic mass is 9.35. The van der Waals surface area contributed by atoms with Crippen LogP contribution in [0.2, 0.25) is 0 Å². The van der Waals surface area contributed by atoms with E-state index in [2.05, 4.69) is 39.6 Å². The number of hydrogen-bond donors (Lipinski definition) is 2. The maximum Gasteiger partial charge on any atom is 0.192 e. The molecular weight excluding hydrogens is 488 g/mol. The van der Waals surface area contributed by atoms with Crippen LogP contribution in [0.15, 0.2) is 35.4 Å². The van der Waals surface area contributed by atoms with Crippen LogP contribution in [0.5, 0.6) is 0 Å². The molecule has 8 heteroatoms. The van der Waals surface area contributed by atoms with Crippen molar-refractivity contribution < 1.29 is 24.6 Å². The van der Waals surface area contributed by atoms with Crippen LogP contribution < -0.4 is 0 Å². The van der Waals surface area contributed by atoms with E-state index >= 15 is 0 Å². The van der Waals surface area contributed by atoms with Crippen molar-refractivity contribution in [2.24, 2.45) is 39.4 Å². The molecule has 1 saturated heterocycles. The number of rotatable bonds is 4. The summed E-state index contributed by atoms with van der Waals surface area (Å²) in [6.45, 7) is 11.5. The number of hydroxylamine groups is 2. The van der Waals surface area contributed by atoms with E-state index in [-0.39, 0.29) is 34.7 Å². The summed E-state index contributed by atoms with van der Waals surface area (Å²) >= 11 is 1.55. The molecular formula is C29H38N2O5S. The number of aliphatic hydroxyl groups is 2. The minimum atomic E-state index is -1.20. The number of carbonyl (C=O) groups excluding carboxylic acids is 2. The SMILES string of the molecule is C[C@H]1C[C@@H]2[C@](C)([C@@H](O)C[C@@]3(C)[C@@]2(C)C[C@H]2CN(Cc4nccs4)O[C@]23C(=O)CO)[C@@]2(C)C=CC(=O)C=C12. The molecule has 2 N–H and O–H groups in total. The number of thiazole rings is 1. The average Bonchev–Trinajstić information content (AvgIpc) is 3.53. The van der Waals surface area contributed by atoms with E-state index in [0.29, 0.717) is 19.5 Å². The van der Waals surface area contributed by atoms with Crippen LogP contribution in [0.3, 0.4) is 0 Å². The first-order valence-electron chi connectivity index (χ1n) is 13.5. The zero-order valence-electron chi connectivity index (χ0n) is 22.4. The van der Waals surface area contributed by atoms with Crippen LogP contribution >= 0.6 is 11.3 Å². The van der Waals surface area contributed by atoms with E-state index in [0.717, 1.165) is 23.4 Å². The van der Waals surface area contributed by atoms with Crippen LogP contribution in [0.1, 0.15) is 58.9 Å². The largest absolute Gasteiger partial charge is 0.392 e. The second-order valence-electron chi connectivity index (χ2n) is 13.0. The Morgan fingerprint density at radius 2 is 2.03 bits per heavy atom. The van der Waals surface area contributed by atoms with Crippen molar-refractivity contribution in [1.82, 2.24) is 10.0 Å². The molecule has 37 heavy (non-hydrogen) atoms. The summed E-state index contributed by atoms with van der Waals surface area (Å²) in [4.78, 5) is 37.2. The third-order valence-electron chi connectivity index (χ3n) is 11.9. The molecule has 2 heterocycles. The van der Waals surface area contributed by atoms with Gasteiger partial charge >= 0.3 is 0 Å². The zero-order chi connectivity index (χ0) is 26.6. The van der Waals surface area contributed by atoms with E-state index in [9.17, 15) is 19.8 Å². The number of Topliss-reactive ketones (excluding diaryl/α,β-unsaturated/α-hetero) is 1. The Hall–Kier alpha value is -1.71. The highest BCUT2D eigenvalue weighted by Crippen LogP contribution is 2.79. The van der Waals surface area contributed by atoms with E-state index in [4.69, 9.17) is 4.84 Å². The highest BCUT2D eigenvalue weighted by molar-refractivity contribution is 7.09. The lowest BCUT2D eigenvalue weighted by Gasteiger charge is -2.70. The minimum absolute atomic E-state index is 0.0133. The first kappa shape index (κ1) is 25.6. The molecule has 9 atom stereocenters. The topological polar surface area (TPSA) is 100.0 Å². The maximum absolute atomic E-state index is 13.8. The Labute approximate surface area is 222 Å². The van der Waals surface area contributed by atoms with E-state index in [1.54, 1.807) is 29.7 Å². The van der Waals surface area contributed by atoms with Gasteiger partial charge in [-0.3, -0.25) is 14.4 Å². The number of aromatic nitrogens is 1. The van der Waals surface area contributed by atoms with Crippen molar-refractivity contribution in [1.29, 1.82) is 0 Å². The monoisotopic (exact) mass is 526 g/mol. The molecule has 0 spiro atoms. The quantitative estimate of drug-likeness (QED) is 0.617. The number of ketones is 2. The summed E-state index contributed by atoms with van der Waals surface area (Å²) in [7, 11) is 0. The van der Waals surface area contributed by atoms with Crippen LogP contribution in [0.4, 0.5) is 0 Å². The Morgan fingerprint density at radius 1 is 1.27 bits per heavy atom. The van der Waals surface area contributed by atoms with Gasteiger partial charge in [-0.25, -0.2) is 4.98 Å². The van der Waals surface area contributed by atoms with Gasteiger partial charge in [-0.15, -0.1) is 11.3 Å². The van der Waals surface area contributed by atoms with E-state index in [1.165, 1.54) is 0 Å². The van der Waals surface area contributed by atoms with Crippen molar-refractivity contribution in [3.63, 3.8) is 0 Å². The molecule has 0 amide bonds. The smallest absolute Gasteiger partial charge is 0.192 e. The van der Waals surface area contributed by atoms with Gasteiger partial charge in [0.25, 0.3) is 0 Å². The number of hydrogen-bond acceptors (Lipinski definition) is 8. The molecule has 5 aliphatic rings. The van der Waals surface area contributed by atoms with Crippen molar-refractivity contribution in [3.8, 4) is 0 Å². The molecule has 4 fully saturated rings. The number of allylic oxidation sites excluding steroid dienone is 4. The summed E-state index contributed by atoms with van der Waals surface area (Å²) in [6.07, 6.45) is 8.53. The summed E-state index contributed by atoms with van der Waals surface area (Å²) in [5, 5.41) is 27.0. The fourth-order valence-corrected chi connectivity index (χ4v) is 10.5. The van der Waals surface area contributed by atoms with Gasteiger partial charge in [-0.1, -0.05) is 46.3 Å². The third-order valence-corrected chi connectivity index (χ3v) is 12.6. The first-order chi connectivity index (χ1) is 17.4. The molecule has 1 aromatic heterocycles. The number of fused-ring (bicyclic) bond motifs is 7. The van der Waals surface area contributed by atoms with Gasteiger partial charge in [0.05, 0.1) is 12.6 Å². The lowest BCUT2D eigenvalue weighted by Crippen LogP contribution is -2.70. The normalized spacial score (nSPS) is 48.7. The van der Waals surface area contributed by atoms with Gasteiger partial charge in [0.1, 0.15) is 11.6 Å². The lowest BCUT2D eigenvalue weighted by molar-refractivity contribution is -0.285. The molecule has 0 radical (unpaired) electrons. The molecule has 200 valence electrons. The molecule has 1 aliphatic heterocycles. The molecule has 7 nitrogen and oxygen atoms in total. The fraction of sp³-hybridized carbons (Fsp3) is 0.690. The van der Waals surface area contributed by atoms with Gasteiger partial charge in [0.15, 0.2) is 17.2 Å². The number of aliphatic hydroxyl groups excluding tert-OH is 2. The maximum atomic E-state index is 13.8. The molecule has 3 saturated carbocycles. The second-order valence-corrected chi connectivity index (χ2v) is 14.0. The van der Waals surface area contributed by atoms with Gasteiger partial charge in [-0.2, -0.15) is 5.06 Å². The Morgan fingerprint density at radius 3 is 2.70 bits per heavy atom. The number of nitrogens with zero attached hydrogens (tertiary/aromatic N) is 2. The standard InChI is InChI=1S/C29H38N2O5S/c1-17-10-21-26(3)12-18-14-31(15-24-30-8-9-37-24)36-29(18,23(35)16-32)27(26,4)13-22(34)28(21,5)25(2)7-6-19(33)11-20(17)25/h6-9,11,17-18,21-22,32,34H,10,12-16H2,1-5H3/t17-,18-,21-,22-,25-,26-,27-,28+,29-/m0/s1. The number of carbonyl (C=O) groups is 2. The minimum Gasteiger partial charge on any atom is -0.392 e. The van der Waals surface area contributed by atoms with Gasteiger partial charge in [0.2, 0.25) is 0 Å². The second kappa shape index (κ2) is 7.92. The van der Waals surface area contributed by atoms with Crippen LogP contribution in [-0.2, 0) is 21.0 Å². The van der Waals surface area contributed by atoms with Crippen LogP contribution in [0.25, 0.3) is 0 Å². The molecule has 1 aromatic rings. The summed E-state index contributed by atoms with van der Waals surface area (Å²) in [5.74, 6) is -0.108. The molecule has 0 aromatic carbocycles. The Kier molecular flexibility index (Phi) is 5.47. The van der Waals surface area contributed by atoms with Gasteiger partial charge in [0, 0.05) is 40.3 Å². The van der Waals surface area contributed by atoms with Crippen molar-refractivity contribution in [3.05, 3.63) is 40.4 Å². The van der Waals surface area contributed by atoms with Gasteiger partial charge < -0.3 is 10.2 Å². The Bertz CT molecular complexity index is 1210. The van der Waals surface area contributed by atoms with Gasteiger partial charge in [-0.05, 0) is 48.7 Å². The third kappa shape index (κ3) is 2.89.